The SMILES string of the molecule is CCc1c(-c2cccs2)sc(N)c1-c1ccsc1. The Hall–Kier alpha value is -1.10. The van der Waals surface area contributed by atoms with E-state index in [-0.39, 0.29) is 0 Å². The summed E-state index contributed by atoms with van der Waals surface area (Å²) >= 11 is 5.22. The third-order valence-electron chi connectivity index (χ3n) is 2.94. The molecule has 3 heterocycles. The van der Waals surface area contributed by atoms with Gasteiger partial charge in [0.05, 0.1) is 9.88 Å². The van der Waals surface area contributed by atoms with Crippen molar-refractivity contribution in [1.82, 2.24) is 0 Å². The van der Waals surface area contributed by atoms with Crippen molar-refractivity contribution in [3.05, 3.63) is 39.9 Å². The van der Waals surface area contributed by atoms with Gasteiger partial charge in [-0.25, -0.2) is 0 Å². The second kappa shape index (κ2) is 4.88. The zero-order valence-electron chi connectivity index (χ0n) is 9.97. The van der Waals surface area contributed by atoms with Crippen LogP contribution in [-0.2, 0) is 6.42 Å². The van der Waals surface area contributed by atoms with Gasteiger partial charge in [-0.2, -0.15) is 11.3 Å². The highest BCUT2D eigenvalue weighted by Gasteiger charge is 2.18. The minimum Gasteiger partial charge on any atom is -0.390 e. The lowest BCUT2D eigenvalue weighted by Crippen LogP contribution is -1.87. The molecule has 3 rings (SSSR count). The van der Waals surface area contributed by atoms with Crippen LogP contribution in [0.1, 0.15) is 12.5 Å². The van der Waals surface area contributed by atoms with E-state index >= 15 is 0 Å². The molecule has 0 atom stereocenters. The van der Waals surface area contributed by atoms with Crippen molar-refractivity contribution in [2.24, 2.45) is 0 Å². The number of hydrogen-bond donors (Lipinski definition) is 1. The van der Waals surface area contributed by atoms with Crippen LogP contribution in [0.5, 0.6) is 0 Å². The van der Waals surface area contributed by atoms with Gasteiger partial charge in [0.15, 0.2) is 0 Å². The van der Waals surface area contributed by atoms with Gasteiger partial charge in [0.2, 0.25) is 0 Å². The van der Waals surface area contributed by atoms with Gasteiger partial charge in [-0.05, 0) is 45.8 Å². The molecule has 3 aromatic rings. The molecule has 0 aliphatic carbocycles. The lowest BCUT2D eigenvalue weighted by atomic mass is 10.0. The summed E-state index contributed by atoms with van der Waals surface area (Å²) in [6, 6.07) is 6.42. The fourth-order valence-corrected chi connectivity index (χ4v) is 4.86. The highest BCUT2D eigenvalue weighted by molar-refractivity contribution is 7.24. The van der Waals surface area contributed by atoms with Crippen molar-refractivity contribution in [2.45, 2.75) is 13.3 Å². The second-order valence-corrected chi connectivity index (χ2v) is 6.77. The van der Waals surface area contributed by atoms with Crippen LogP contribution in [0.3, 0.4) is 0 Å². The molecule has 0 amide bonds. The van der Waals surface area contributed by atoms with Crippen LogP contribution in [0.25, 0.3) is 20.9 Å². The normalized spacial score (nSPS) is 10.9. The summed E-state index contributed by atoms with van der Waals surface area (Å²) in [6.07, 6.45) is 1.02. The Labute approximate surface area is 119 Å². The van der Waals surface area contributed by atoms with Gasteiger partial charge in [-0.3, -0.25) is 0 Å². The van der Waals surface area contributed by atoms with E-state index in [0.717, 1.165) is 11.4 Å². The maximum atomic E-state index is 6.24. The molecule has 18 heavy (non-hydrogen) atoms. The summed E-state index contributed by atoms with van der Waals surface area (Å²) in [5.74, 6) is 0. The van der Waals surface area contributed by atoms with Crippen LogP contribution >= 0.6 is 34.0 Å². The Kier molecular flexibility index (Phi) is 3.24. The molecule has 0 aliphatic heterocycles. The molecule has 0 aromatic carbocycles. The van der Waals surface area contributed by atoms with E-state index in [2.05, 4.69) is 41.3 Å². The summed E-state index contributed by atoms with van der Waals surface area (Å²) < 4.78 is 0. The van der Waals surface area contributed by atoms with Gasteiger partial charge < -0.3 is 5.73 Å². The zero-order valence-corrected chi connectivity index (χ0v) is 12.4. The zero-order chi connectivity index (χ0) is 12.5. The van der Waals surface area contributed by atoms with E-state index in [1.54, 1.807) is 34.0 Å². The molecule has 4 heteroatoms. The van der Waals surface area contributed by atoms with Crippen molar-refractivity contribution >= 4 is 39.0 Å². The molecule has 0 saturated carbocycles. The van der Waals surface area contributed by atoms with Crippen LogP contribution in [0.15, 0.2) is 34.3 Å². The van der Waals surface area contributed by atoms with Crippen molar-refractivity contribution in [2.75, 3.05) is 5.73 Å². The maximum absolute atomic E-state index is 6.24. The Morgan fingerprint density at radius 3 is 2.72 bits per heavy atom. The molecule has 0 fully saturated rings. The lowest BCUT2D eigenvalue weighted by molar-refractivity contribution is 1.16. The van der Waals surface area contributed by atoms with Gasteiger partial charge in [0, 0.05) is 10.4 Å². The number of anilines is 1. The highest BCUT2D eigenvalue weighted by atomic mass is 32.1. The highest BCUT2D eigenvalue weighted by Crippen LogP contribution is 2.45. The van der Waals surface area contributed by atoms with E-state index < -0.39 is 0 Å². The Bertz CT molecular complexity index is 633. The number of nitrogen functional groups attached to an aromatic ring is 1. The average Bonchev–Trinajstić information content (AvgIpc) is 3.08. The van der Waals surface area contributed by atoms with Crippen molar-refractivity contribution < 1.29 is 0 Å². The van der Waals surface area contributed by atoms with Crippen molar-refractivity contribution in [1.29, 1.82) is 0 Å². The summed E-state index contributed by atoms with van der Waals surface area (Å²) in [7, 11) is 0. The number of rotatable bonds is 3. The van der Waals surface area contributed by atoms with Crippen molar-refractivity contribution in [3.8, 4) is 20.9 Å². The minimum absolute atomic E-state index is 0.939. The number of hydrogen-bond acceptors (Lipinski definition) is 4. The quantitative estimate of drug-likeness (QED) is 0.691. The predicted octanol–water partition coefficient (Wildman–Crippen LogP) is 5.35. The Balaban J connectivity index is 2.22. The molecule has 2 N–H and O–H groups in total. The van der Waals surface area contributed by atoms with Crippen LogP contribution in [0.4, 0.5) is 5.00 Å². The first kappa shape index (κ1) is 12.0. The monoisotopic (exact) mass is 291 g/mol. The first-order valence-corrected chi connectivity index (χ1v) is 8.42. The fraction of sp³-hybridized carbons (Fsp3) is 0.143. The fourth-order valence-electron chi connectivity index (χ4n) is 2.15. The number of thiophene rings is 3. The summed E-state index contributed by atoms with van der Waals surface area (Å²) in [5, 5.41) is 7.34. The largest absolute Gasteiger partial charge is 0.390 e. The van der Waals surface area contributed by atoms with Gasteiger partial charge >= 0.3 is 0 Å². The molecular weight excluding hydrogens is 278 g/mol. The molecule has 0 unspecified atom stereocenters. The first-order chi connectivity index (χ1) is 8.81. The summed E-state index contributed by atoms with van der Waals surface area (Å²) in [4.78, 5) is 2.66. The number of nitrogens with two attached hydrogens (primary N) is 1. The third-order valence-corrected chi connectivity index (χ3v) is 5.74. The van der Waals surface area contributed by atoms with Crippen LogP contribution in [-0.4, -0.2) is 0 Å². The van der Waals surface area contributed by atoms with E-state index in [1.807, 2.05) is 0 Å². The molecule has 0 aliphatic rings. The summed E-state index contributed by atoms with van der Waals surface area (Å²) in [5.41, 5.74) is 10.1. The molecule has 0 spiro atoms. The van der Waals surface area contributed by atoms with Gasteiger partial charge in [0.25, 0.3) is 0 Å². The molecule has 0 radical (unpaired) electrons. The topological polar surface area (TPSA) is 26.0 Å². The van der Waals surface area contributed by atoms with Gasteiger partial charge in [0.1, 0.15) is 0 Å². The average molecular weight is 291 g/mol. The smallest absolute Gasteiger partial charge is 0.0946 e. The summed E-state index contributed by atoms with van der Waals surface area (Å²) in [6.45, 7) is 2.20. The molecule has 0 saturated heterocycles. The third kappa shape index (κ3) is 1.90. The molecular formula is C14H13NS3. The molecule has 0 bridgehead atoms. The standard InChI is InChI=1S/C14H13NS3/c1-2-10-12(9-5-7-16-8-9)14(15)18-13(10)11-4-3-6-17-11/h3-8H,2,15H2,1H3. The lowest BCUT2D eigenvalue weighted by Gasteiger charge is -2.03. The first-order valence-electron chi connectivity index (χ1n) is 5.78. The van der Waals surface area contributed by atoms with Crippen molar-refractivity contribution in [3.63, 3.8) is 0 Å². The van der Waals surface area contributed by atoms with E-state index in [4.69, 9.17) is 5.73 Å². The Morgan fingerprint density at radius 1 is 1.22 bits per heavy atom. The van der Waals surface area contributed by atoms with Gasteiger partial charge in [-0.1, -0.05) is 13.0 Å². The van der Waals surface area contributed by atoms with E-state index in [9.17, 15) is 0 Å². The Morgan fingerprint density at radius 2 is 2.11 bits per heavy atom. The minimum atomic E-state index is 0.939. The maximum Gasteiger partial charge on any atom is 0.0946 e. The molecule has 1 nitrogen and oxygen atoms in total. The van der Waals surface area contributed by atoms with Crippen LogP contribution < -0.4 is 5.73 Å². The van der Waals surface area contributed by atoms with Crippen LogP contribution in [0.2, 0.25) is 0 Å². The second-order valence-electron chi connectivity index (χ2n) is 3.99. The molecule has 92 valence electrons. The van der Waals surface area contributed by atoms with E-state index in [1.165, 1.54) is 26.4 Å². The van der Waals surface area contributed by atoms with Crippen LogP contribution in [0, 0.1) is 0 Å². The molecule has 3 aromatic heterocycles. The van der Waals surface area contributed by atoms with Gasteiger partial charge in [-0.15, -0.1) is 22.7 Å². The van der Waals surface area contributed by atoms with E-state index in [0.29, 0.717) is 0 Å². The predicted molar refractivity (Wildman–Crippen MR) is 84.7 cm³/mol.